The summed E-state index contributed by atoms with van der Waals surface area (Å²) in [5.41, 5.74) is 5.56. The van der Waals surface area contributed by atoms with Crippen LogP contribution in [0.15, 0.2) is 12.4 Å². The van der Waals surface area contributed by atoms with Crippen LogP contribution >= 0.6 is 0 Å². The molecule has 0 spiro atoms. The Morgan fingerprint density at radius 3 is 2.71 bits per heavy atom. The normalized spacial score (nSPS) is 12.4. The average molecular weight is 238 g/mol. The molecular formula is C12H22N4O. The first-order valence-electron chi connectivity index (χ1n) is 6.10. The number of nitrogens with two attached hydrogens (primary N) is 1. The van der Waals surface area contributed by atoms with Gasteiger partial charge in [-0.05, 0) is 25.4 Å². The molecule has 5 nitrogen and oxygen atoms in total. The molecule has 0 amide bonds. The quantitative estimate of drug-likeness (QED) is 0.521. The second-order valence-corrected chi connectivity index (χ2v) is 4.11. The molecular weight excluding hydrogens is 216 g/mol. The highest BCUT2D eigenvalue weighted by Crippen LogP contribution is 2.08. The number of rotatable bonds is 8. The smallest absolute Gasteiger partial charge is 0.157 e. The van der Waals surface area contributed by atoms with Crippen LogP contribution in [-0.2, 0) is 6.42 Å². The van der Waals surface area contributed by atoms with Crippen LogP contribution in [-0.4, -0.2) is 29.8 Å². The molecule has 0 saturated heterocycles. The van der Waals surface area contributed by atoms with Crippen LogP contribution in [0.3, 0.4) is 0 Å². The Bertz CT molecular complexity index is 302. The zero-order valence-electron chi connectivity index (χ0n) is 10.6. The lowest BCUT2D eigenvalue weighted by Crippen LogP contribution is -2.19. The Balaban J connectivity index is 2.34. The predicted molar refractivity (Wildman–Crippen MR) is 67.7 cm³/mol. The van der Waals surface area contributed by atoms with Crippen LogP contribution in [0.25, 0.3) is 0 Å². The predicted octanol–water partition coefficient (Wildman–Crippen LogP) is 0.950. The van der Waals surface area contributed by atoms with Crippen LogP contribution < -0.4 is 15.8 Å². The van der Waals surface area contributed by atoms with Gasteiger partial charge in [0, 0.05) is 6.42 Å². The SMILES string of the molecule is CCNCOc1cnc(CCC(C)CN)nc1. The van der Waals surface area contributed by atoms with Crippen molar-refractivity contribution in [1.82, 2.24) is 15.3 Å². The summed E-state index contributed by atoms with van der Waals surface area (Å²) >= 11 is 0. The fourth-order valence-corrected chi connectivity index (χ4v) is 1.28. The Morgan fingerprint density at radius 1 is 1.41 bits per heavy atom. The van der Waals surface area contributed by atoms with Crippen molar-refractivity contribution in [3.63, 3.8) is 0 Å². The van der Waals surface area contributed by atoms with Gasteiger partial charge in [-0.2, -0.15) is 0 Å². The number of hydrogen-bond donors (Lipinski definition) is 2. The van der Waals surface area contributed by atoms with E-state index >= 15 is 0 Å². The highest BCUT2D eigenvalue weighted by atomic mass is 16.5. The maximum Gasteiger partial charge on any atom is 0.157 e. The van der Waals surface area contributed by atoms with E-state index in [9.17, 15) is 0 Å². The van der Waals surface area contributed by atoms with Crippen molar-refractivity contribution in [2.45, 2.75) is 26.7 Å². The minimum atomic E-state index is 0.489. The number of nitrogens with one attached hydrogen (secondary N) is 1. The van der Waals surface area contributed by atoms with Gasteiger partial charge in [0.05, 0.1) is 12.4 Å². The van der Waals surface area contributed by atoms with Crippen molar-refractivity contribution < 1.29 is 4.74 Å². The zero-order valence-corrected chi connectivity index (χ0v) is 10.6. The number of aromatic nitrogens is 2. The molecule has 3 N–H and O–H groups in total. The van der Waals surface area contributed by atoms with Gasteiger partial charge in [-0.1, -0.05) is 13.8 Å². The third-order valence-electron chi connectivity index (χ3n) is 2.54. The molecule has 0 aliphatic carbocycles. The minimum Gasteiger partial charge on any atom is -0.475 e. The molecule has 1 unspecified atom stereocenters. The summed E-state index contributed by atoms with van der Waals surface area (Å²) in [6, 6.07) is 0. The summed E-state index contributed by atoms with van der Waals surface area (Å²) in [5, 5.41) is 3.07. The van der Waals surface area contributed by atoms with E-state index in [1.807, 2.05) is 6.92 Å². The minimum absolute atomic E-state index is 0.489. The van der Waals surface area contributed by atoms with E-state index in [1.165, 1.54) is 0 Å². The van der Waals surface area contributed by atoms with E-state index in [1.54, 1.807) is 12.4 Å². The van der Waals surface area contributed by atoms with Gasteiger partial charge in [-0.3, -0.25) is 5.32 Å². The van der Waals surface area contributed by atoms with Crippen molar-refractivity contribution in [3.05, 3.63) is 18.2 Å². The van der Waals surface area contributed by atoms with E-state index in [-0.39, 0.29) is 0 Å². The summed E-state index contributed by atoms with van der Waals surface area (Å²) in [5.74, 6) is 2.06. The molecule has 1 rings (SSSR count). The number of hydrogen-bond acceptors (Lipinski definition) is 5. The lowest BCUT2D eigenvalue weighted by atomic mass is 10.1. The molecule has 5 heteroatoms. The van der Waals surface area contributed by atoms with Gasteiger partial charge in [0.2, 0.25) is 0 Å². The van der Waals surface area contributed by atoms with Crippen LogP contribution in [0.1, 0.15) is 26.1 Å². The second-order valence-electron chi connectivity index (χ2n) is 4.11. The van der Waals surface area contributed by atoms with Crippen LogP contribution in [0.4, 0.5) is 0 Å². The Kier molecular flexibility index (Phi) is 6.50. The van der Waals surface area contributed by atoms with Crippen LogP contribution in [0.2, 0.25) is 0 Å². The van der Waals surface area contributed by atoms with Gasteiger partial charge in [0.1, 0.15) is 12.6 Å². The number of ether oxygens (including phenoxy) is 1. The molecule has 0 saturated carbocycles. The van der Waals surface area contributed by atoms with Gasteiger partial charge in [0.15, 0.2) is 5.75 Å². The Morgan fingerprint density at radius 2 is 2.12 bits per heavy atom. The fraction of sp³-hybridized carbons (Fsp3) is 0.667. The monoisotopic (exact) mass is 238 g/mol. The van der Waals surface area contributed by atoms with Gasteiger partial charge >= 0.3 is 0 Å². The molecule has 0 fully saturated rings. The molecule has 1 atom stereocenters. The molecule has 0 bridgehead atoms. The summed E-state index contributed by atoms with van der Waals surface area (Å²) < 4.78 is 5.39. The molecule has 0 aliphatic rings. The second kappa shape index (κ2) is 7.97. The summed E-state index contributed by atoms with van der Waals surface area (Å²) in [4.78, 5) is 8.52. The maximum atomic E-state index is 5.56. The van der Waals surface area contributed by atoms with Crippen molar-refractivity contribution in [1.29, 1.82) is 0 Å². The standard InChI is InChI=1S/C12H22N4O/c1-3-14-9-17-11-7-15-12(16-8-11)5-4-10(2)6-13/h7-8,10,14H,3-6,9,13H2,1-2H3. The lowest BCUT2D eigenvalue weighted by Gasteiger charge is -2.08. The molecule has 0 aliphatic heterocycles. The Labute approximate surface area is 103 Å². The van der Waals surface area contributed by atoms with Crippen molar-refractivity contribution >= 4 is 0 Å². The molecule has 0 aromatic carbocycles. The summed E-state index contributed by atoms with van der Waals surface area (Å²) in [7, 11) is 0. The van der Waals surface area contributed by atoms with Crippen molar-refractivity contribution in [2.24, 2.45) is 11.7 Å². The van der Waals surface area contributed by atoms with Gasteiger partial charge in [-0.25, -0.2) is 9.97 Å². The van der Waals surface area contributed by atoms with E-state index < -0.39 is 0 Å². The summed E-state index contributed by atoms with van der Waals surface area (Å²) in [6.07, 6.45) is 5.32. The third-order valence-corrected chi connectivity index (χ3v) is 2.54. The topological polar surface area (TPSA) is 73.1 Å². The van der Waals surface area contributed by atoms with Gasteiger partial charge < -0.3 is 10.5 Å². The largest absolute Gasteiger partial charge is 0.475 e. The number of nitrogens with zero attached hydrogens (tertiary/aromatic N) is 2. The van der Waals surface area contributed by atoms with E-state index in [0.29, 0.717) is 24.9 Å². The zero-order chi connectivity index (χ0) is 12.5. The number of aryl methyl sites for hydroxylation is 1. The van der Waals surface area contributed by atoms with E-state index in [2.05, 4.69) is 22.2 Å². The average Bonchev–Trinajstić information content (AvgIpc) is 2.37. The van der Waals surface area contributed by atoms with Gasteiger partial charge in [0.25, 0.3) is 0 Å². The van der Waals surface area contributed by atoms with Gasteiger partial charge in [-0.15, -0.1) is 0 Å². The first-order chi connectivity index (χ1) is 8.26. The van der Waals surface area contributed by atoms with Crippen LogP contribution in [0.5, 0.6) is 5.75 Å². The van der Waals surface area contributed by atoms with Crippen LogP contribution in [0, 0.1) is 5.92 Å². The molecule has 1 aromatic heterocycles. The first kappa shape index (κ1) is 13.9. The fourth-order valence-electron chi connectivity index (χ4n) is 1.28. The van der Waals surface area contributed by atoms with E-state index in [4.69, 9.17) is 10.5 Å². The van der Waals surface area contributed by atoms with Crippen molar-refractivity contribution in [3.8, 4) is 5.75 Å². The molecule has 1 heterocycles. The highest BCUT2D eigenvalue weighted by molar-refractivity contribution is 5.12. The molecule has 17 heavy (non-hydrogen) atoms. The van der Waals surface area contributed by atoms with E-state index in [0.717, 1.165) is 25.2 Å². The summed E-state index contributed by atoms with van der Waals surface area (Å²) in [6.45, 7) is 6.25. The lowest BCUT2D eigenvalue weighted by molar-refractivity contribution is 0.284. The third kappa shape index (κ3) is 5.60. The first-order valence-corrected chi connectivity index (χ1v) is 6.10. The highest BCUT2D eigenvalue weighted by Gasteiger charge is 2.02. The molecule has 1 aromatic rings. The Hall–Kier alpha value is -1.20. The molecule has 0 radical (unpaired) electrons. The molecule has 96 valence electrons. The maximum absolute atomic E-state index is 5.56. The van der Waals surface area contributed by atoms with Crippen molar-refractivity contribution in [2.75, 3.05) is 19.8 Å².